The summed E-state index contributed by atoms with van der Waals surface area (Å²) < 4.78 is 5.72. The lowest BCUT2D eigenvalue weighted by atomic mass is 10.0. The number of nitrogens with one attached hydrogen (secondary N) is 1. The van der Waals surface area contributed by atoms with E-state index in [2.05, 4.69) is 28.3 Å². The van der Waals surface area contributed by atoms with Crippen molar-refractivity contribution in [2.24, 2.45) is 0 Å². The van der Waals surface area contributed by atoms with Gasteiger partial charge in [0.2, 0.25) is 0 Å². The monoisotopic (exact) mass is 269 g/mol. The smallest absolute Gasteiger partial charge is 0.266 e. The Hall–Kier alpha value is -2.43. The Balaban J connectivity index is 1.73. The maximum atomic E-state index is 12.1. The van der Waals surface area contributed by atoms with E-state index in [9.17, 15) is 4.79 Å². The Kier molecular flexibility index (Phi) is 3.10. The third-order valence-electron chi connectivity index (χ3n) is 3.46. The van der Waals surface area contributed by atoms with Crippen LogP contribution in [0.3, 0.4) is 0 Å². The summed E-state index contributed by atoms with van der Waals surface area (Å²) in [4.78, 5) is 20.1. The zero-order chi connectivity index (χ0) is 14.1. The highest BCUT2D eigenvalue weighted by molar-refractivity contribution is 5.94. The van der Waals surface area contributed by atoms with Crippen LogP contribution in [-0.2, 0) is 11.2 Å². The number of aromatic nitrogens is 2. The third-order valence-corrected chi connectivity index (χ3v) is 3.46. The van der Waals surface area contributed by atoms with Gasteiger partial charge in [-0.25, -0.2) is 4.98 Å². The van der Waals surface area contributed by atoms with Crippen molar-refractivity contribution in [3.05, 3.63) is 47.4 Å². The zero-order valence-corrected chi connectivity index (χ0v) is 11.4. The van der Waals surface area contributed by atoms with Crippen LogP contribution < -0.4 is 10.1 Å². The fourth-order valence-electron chi connectivity index (χ4n) is 2.23. The molecule has 0 bridgehead atoms. The van der Waals surface area contributed by atoms with E-state index in [4.69, 9.17) is 4.74 Å². The van der Waals surface area contributed by atoms with Crippen molar-refractivity contribution in [1.82, 2.24) is 9.97 Å². The highest BCUT2D eigenvalue weighted by atomic mass is 16.5. The molecule has 1 N–H and O–H groups in total. The van der Waals surface area contributed by atoms with Crippen LogP contribution in [0.5, 0.6) is 5.75 Å². The maximum absolute atomic E-state index is 12.1. The zero-order valence-electron chi connectivity index (χ0n) is 11.4. The molecule has 2 aromatic rings. The molecule has 0 radical (unpaired) electrons. The Morgan fingerprint density at radius 1 is 1.30 bits per heavy atom. The second-order valence-corrected chi connectivity index (χ2v) is 4.93. The van der Waals surface area contributed by atoms with E-state index in [1.807, 2.05) is 13.0 Å². The summed E-state index contributed by atoms with van der Waals surface area (Å²) in [7, 11) is 0. The maximum Gasteiger partial charge on any atom is 0.266 e. The lowest BCUT2D eigenvalue weighted by Crippen LogP contribution is -2.31. The minimum absolute atomic E-state index is 0.197. The minimum Gasteiger partial charge on any atom is -0.480 e. The molecule has 0 spiro atoms. The first-order valence-corrected chi connectivity index (χ1v) is 6.47. The van der Waals surface area contributed by atoms with Gasteiger partial charge in [-0.3, -0.25) is 9.78 Å². The average Bonchev–Trinajstić information content (AvgIpc) is 2.83. The number of hydrogen-bond acceptors (Lipinski definition) is 4. The van der Waals surface area contributed by atoms with Gasteiger partial charge in [0.25, 0.3) is 5.91 Å². The Morgan fingerprint density at radius 3 is 2.85 bits per heavy atom. The van der Waals surface area contributed by atoms with E-state index in [1.165, 1.54) is 23.5 Å². The second-order valence-electron chi connectivity index (χ2n) is 4.93. The van der Waals surface area contributed by atoms with Gasteiger partial charge in [-0.15, -0.1) is 0 Å². The van der Waals surface area contributed by atoms with Gasteiger partial charge in [-0.1, -0.05) is 6.07 Å². The van der Waals surface area contributed by atoms with Gasteiger partial charge in [0, 0.05) is 18.8 Å². The van der Waals surface area contributed by atoms with Gasteiger partial charge < -0.3 is 10.1 Å². The molecular formula is C15H15N3O2. The molecule has 1 aromatic carbocycles. The van der Waals surface area contributed by atoms with Crippen LogP contribution in [0.1, 0.15) is 16.7 Å². The van der Waals surface area contributed by atoms with Crippen LogP contribution in [0.15, 0.2) is 30.7 Å². The van der Waals surface area contributed by atoms with Crippen LogP contribution in [-0.4, -0.2) is 22.0 Å². The van der Waals surface area contributed by atoms with Gasteiger partial charge in [-0.2, -0.15) is 0 Å². The van der Waals surface area contributed by atoms with E-state index in [-0.39, 0.29) is 5.91 Å². The Bertz CT molecular complexity index is 625. The first kappa shape index (κ1) is 12.6. The van der Waals surface area contributed by atoms with Crippen molar-refractivity contribution < 1.29 is 9.53 Å². The molecule has 1 amide bonds. The SMILES string of the molecule is Cc1cc2c(cc1C)O[C@@H](C(=O)Nc1cnccn1)C2. The number of carbonyl (C=O) groups excluding carboxylic acids is 1. The number of anilines is 1. The quantitative estimate of drug-likeness (QED) is 0.906. The topological polar surface area (TPSA) is 64.1 Å². The van der Waals surface area contributed by atoms with Crippen molar-refractivity contribution in [2.45, 2.75) is 26.4 Å². The third kappa shape index (κ3) is 2.34. The van der Waals surface area contributed by atoms with Gasteiger partial charge in [0.1, 0.15) is 5.75 Å². The number of amides is 1. The van der Waals surface area contributed by atoms with Crippen molar-refractivity contribution >= 4 is 11.7 Å². The van der Waals surface area contributed by atoms with Crippen LogP contribution >= 0.6 is 0 Å². The summed E-state index contributed by atoms with van der Waals surface area (Å²) in [6, 6.07) is 4.07. The summed E-state index contributed by atoms with van der Waals surface area (Å²) in [5.41, 5.74) is 3.45. The van der Waals surface area contributed by atoms with Gasteiger partial charge in [0.05, 0.1) is 6.20 Å². The number of hydrogen-bond donors (Lipinski definition) is 1. The van der Waals surface area contributed by atoms with Crippen LogP contribution in [0.4, 0.5) is 5.82 Å². The molecule has 1 aliphatic heterocycles. The molecule has 0 saturated heterocycles. The molecule has 5 heteroatoms. The summed E-state index contributed by atoms with van der Waals surface area (Å²) in [5.74, 6) is 1.04. The average molecular weight is 269 g/mol. The van der Waals surface area contributed by atoms with E-state index in [1.54, 1.807) is 6.20 Å². The Morgan fingerprint density at radius 2 is 2.10 bits per heavy atom. The highest BCUT2D eigenvalue weighted by Crippen LogP contribution is 2.31. The molecule has 0 fully saturated rings. The van der Waals surface area contributed by atoms with Gasteiger partial charge >= 0.3 is 0 Å². The molecule has 102 valence electrons. The number of aryl methyl sites for hydroxylation is 2. The van der Waals surface area contributed by atoms with Gasteiger partial charge in [-0.05, 0) is 36.6 Å². The molecule has 0 aliphatic carbocycles. The van der Waals surface area contributed by atoms with Crippen molar-refractivity contribution in [3.63, 3.8) is 0 Å². The van der Waals surface area contributed by atoms with E-state index < -0.39 is 6.10 Å². The normalized spacial score (nSPS) is 16.4. The van der Waals surface area contributed by atoms with Crippen molar-refractivity contribution in [3.8, 4) is 5.75 Å². The standard InChI is InChI=1S/C15H15N3O2/c1-9-5-11-7-13(20-12(11)6-10(9)2)15(19)18-14-8-16-3-4-17-14/h3-6,8,13H,7H2,1-2H3,(H,17,18,19)/t13-/m1/s1. The molecular weight excluding hydrogens is 254 g/mol. The molecule has 1 aromatic heterocycles. The molecule has 1 atom stereocenters. The summed E-state index contributed by atoms with van der Waals surface area (Å²) in [6.07, 6.45) is 4.68. The fourth-order valence-corrected chi connectivity index (χ4v) is 2.23. The summed E-state index contributed by atoms with van der Waals surface area (Å²) >= 11 is 0. The second kappa shape index (κ2) is 4.92. The summed E-state index contributed by atoms with van der Waals surface area (Å²) in [5, 5.41) is 2.71. The molecule has 3 rings (SSSR count). The number of carbonyl (C=O) groups is 1. The van der Waals surface area contributed by atoms with E-state index >= 15 is 0 Å². The number of fused-ring (bicyclic) bond motifs is 1. The molecule has 2 heterocycles. The lowest BCUT2D eigenvalue weighted by molar-refractivity contribution is -0.122. The molecule has 1 aliphatic rings. The minimum atomic E-state index is -0.506. The van der Waals surface area contributed by atoms with Crippen LogP contribution in [0.2, 0.25) is 0 Å². The van der Waals surface area contributed by atoms with E-state index in [0.29, 0.717) is 12.2 Å². The number of benzene rings is 1. The predicted octanol–water partition coefficient (Wildman–Crippen LogP) is 2.04. The molecule has 0 unspecified atom stereocenters. The van der Waals surface area contributed by atoms with Crippen molar-refractivity contribution in [2.75, 3.05) is 5.32 Å². The van der Waals surface area contributed by atoms with Crippen LogP contribution in [0, 0.1) is 13.8 Å². The Labute approximate surface area is 117 Å². The first-order valence-electron chi connectivity index (χ1n) is 6.47. The molecule has 5 nitrogen and oxygen atoms in total. The number of nitrogens with zero attached hydrogens (tertiary/aromatic N) is 2. The first-order chi connectivity index (χ1) is 9.63. The van der Waals surface area contributed by atoms with Gasteiger partial charge in [0.15, 0.2) is 11.9 Å². The number of rotatable bonds is 2. The molecule has 0 saturated carbocycles. The predicted molar refractivity (Wildman–Crippen MR) is 74.7 cm³/mol. The number of ether oxygens (including phenoxy) is 1. The van der Waals surface area contributed by atoms with Crippen LogP contribution in [0.25, 0.3) is 0 Å². The largest absolute Gasteiger partial charge is 0.480 e. The molecule has 20 heavy (non-hydrogen) atoms. The van der Waals surface area contributed by atoms with E-state index in [0.717, 1.165) is 11.3 Å². The fraction of sp³-hybridized carbons (Fsp3) is 0.267. The highest BCUT2D eigenvalue weighted by Gasteiger charge is 2.29. The lowest BCUT2D eigenvalue weighted by Gasteiger charge is -2.10. The van der Waals surface area contributed by atoms with Crippen molar-refractivity contribution in [1.29, 1.82) is 0 Å². The summed E-state index contributed by atoms with van der Waals surface area (Å²) in [6.45, 7) is 4.09.